The number of nitrogens with zero attached hydrogens (tertiary/aromatic N) is 1. The van der Waals surface area contributed by atoms with Crippen molar-refractivity contribution >= 4 is 17.1 Å². The number of aldehydes is 1. The number of rotatable bonds is 2. The topological polar surface area (TPSA) is 30.0 Å². The monoisotopic (exact) mass is 247 g/mol. The fourth-order valence-electron chi connectivity index (χ4n) is 2.33. The maximum atomic E-state index is 10.9. The minimum absolute atomic E-state index is 0.688. The Morgan fingerprint density at radius 2 is 1.84 bits per heavy atom. The van der Waals surface area contributed by atoms with Crippen molar-refractivity contribution < 1.29 is 4.79 Å². The zero-order valence-corrected chi connectivity index (χ0v) is 10.6. The average Bonchev–Trinajstić information content (AvgIpc) is 2.47. The van der Waals surface area contributed by atoms with Crippen LogP contribution in [0.15, 0.2) is 54.9 Å². The van der Waals surface area contributed by atoms with E-state index >= 15 is 0 Å². The Bertz CT molecular complexity index is 757. The lowest BCUT2D eigenvalue weighted by molar-refractivity contribution is 0.112. The molecular formula is C17H13NO. The van der Waals surface area contributed by atoms with Crippen molar-refractivity contribution in [1.29, 1.82) is 0 Å². The van der Waals surface area contributed by atoms with E-state index in [1.807, 2.05) is 55.7 Å². The molecule has 1 heterocycles. The molecule has 0 saturated heterocycles. The summed E-state index contributed by atoms with van der Waals surface area (Å²) in [6, 6.07) is 13.9. The highest BCUT2D eigenvalue weighted by atomic mass is 16.1. The Balaban J connectivity index is 2.33. The highest BCUT2D eigenvalue weighted by Crippen LogP contribution is 2.30. The van der Waals surface area contributed by atoms with Crippen molar-refractivity contribution in [2.24, 2.45) is 0 Å². The molecule has 92 valence electrons. The number of fused-ring (bicyclic) bond motifs is 1. The van der Waals surface area contributed by atoms with Crippen LogP contribution in [0.3, 0.4) is 0 Å². The molecule has 0 aliphatic heterocycles. The average molecular weight is 247 g/mol. The second-order valence-electron chi connectivity index (χ2n) is 4.60. The summed E-state index contributed by atoms with van der Waals surface area (Å²) in [5.41, 5.74) is 3.96. The molecule has 0 unspecified atom stereocenters. The maximum Gasteiger partial charge on any atom is 0.150 e. The smallest absolute Gasteiger partial charge is 0.150 e. The number of aromatic nitrogens is 1. The second-order valence-corrected chi connectivity index (χ2v) is 4.60. The summed E-state index contributed by atoms with van der Waals surface area (Å²) >= 11 is 0. The number of aryl methyl sites for hydroxylation is 1. The molecular weight excluding hydrogens is 234 g/mol. The van der Waals surface area contributed by atoms with Crippen LogP contribution in [0.5, 0.6) is 0 Å². The van der Waals surface area contributed by atoms with Gasteiger partial charge in [0.1, 0.15) is 6.29 Å². The maximum absolute atomic E-state index is 10.9. The Kier molecular flexibility index (Phi) is 2.84. The van der Waals surface area contributed by atoms with Gasteiger partial charge in [0, 0.05) is 28.9 Å². The molecule has 19 heavy (non-hydrogen) atoms. The van der Waals surface area contributed by atoms with Crippen molar-refractivity contribution in [2.75, 3.05) is 0 Å². The van der Waals surface area contributed by atoms with E-state index in [0.29, 0.717) is 5.56 Å². The van der Waals surface area contributed by atoms with Crippen LogP contribution in [-0.2, 0) is 0 Å². The molecule has 0 spiro atoms. The number of carbonyl (C=O) groups excluding carboxylic acids is 1. The summed E-state index contributed by atoms with van der Waals surface area (Å²) in [6.45, 7) is 2.05. The normalized spacial score (nSPS) is 10.6. The van der Waals surface area contributed by atoms with Gasteiger partial charge in [0.2, 0.25) is 0 Å². The Labute approximate surface area is 111 Å². The quantitative estimate of drug-likeness (QED) is 0.640. The van der Waals surface area contributed by atoms with E-state index in [2.05, 4.69) is 11.1 Å². The lowest BCUT2D eigenvalue weighted by Crippen LogP contribution is -1.89. The third kappa shape index (κ3) is 2.02. The molecule has 0 aliphatic rings. The van der Waals surface area contributed by atoms with Crippen molar-refractivity contribution in [3.8, 4) is 11.1 Å². The van der Waals surface area contributed by atoms with Crippen molar-refractivity contribution in [3.05, 3.63) is 66.0 Å². The third-order valence-electron chi connectivity index (χ3n) is 3.36. The Morgan fingerprint density at radius 1 is 1.00 bits per heavy atom. The van der Waals surface area contributed by atoms with E-state index in [0.717, 1.165) is 33.7 Å². The summed E-state index contributed by atoms with van der Waals surface area (Å²) < 4.78 is 0. The molecule has 1 aromatic heterocycles. The molecule has 0 bridgehead atoms. The van der Waals surface area contributed by atoms with Gasteiger partial charge in [-0.1, -0.05) is 36.4 Å². The SMILES string of the molecule is Cc1ccc(C=O)cc1-c1cncc2ccccc12. The van der Waals surface area contributed by atoms with Crippen LogP contribution in [0, 0.1) is 6.92 Å². The molecule has 0 radical (unpaired) electrons. The number of hydrogen-bond donors (Lipinski definition) is 0. The van der Waals surface area contributed by atoms with Gasteiger partial charge in [-0.15, -0.1) is 0 Å². The summed E-state index contributed by atoms with van der Waals surface area (Å²) in [7, 11) is 0. The first-order chi connectivity index (χ1) is 9.29. The van der Waals surface area contributed by atoms with E-state index in [9.17, 15) is 4.79 Å². The molecule has 0 N–H and O–H groups in total. The summed E-state index contributed by atoms with van der Waals surface area (Å²) in [5, 5.41) is 2.26. The first-order valence-electron chi connectivity index (χ1n) is 6.18. The zero-order valence-electron chi connectivity index (χ0n) is 10.6. The van der Waals surface area contributed by atoms with Crippen LogP contribution in [0.4, 0.5) is 0 Å². The van der Waals surface area contributed by atoms with Crippen LogP contribution in [0.1, 0.15) is 15.9 Å². The standard InChI is InChI=1S/C17H13NO/c1-12-6-7-13(11-19)8-16(12)17-10-18-9-14-4-2-3-5-15(14)17/h2-11H,1H3. The summed E-state index contributed by atoms with van der Waals surface area (Å²) in [4.78, 5) is 15.2. The van der Waals surface area contributed by atoms with Crippen LogP contribution in [-0.4, -0.2) is 11.3 Å². The fraction of sp³-hybridized carbons (Fsp3) is 0.0588. The predicted octanol–water partition coefficient (Wildman–Crippen LogP) is 4.02. The molecule has 3 rings (SSSR count). The van der Waals surface area contributed by atoms with Gasteiger partial charge in [-0.05, 0) is 29.5 Å². The van der Waals surface area contributed by atoms with Crippen LogP contribution in [0.25, 0.3) is 21.9 Å². The first-order valence-corrected chi connectivity index (χ1v) is 6.18. The van der Waals surface area contributed by atoms with E-state index in [-0.39, 0.29) is 0 Å². The number of benzene rings is 2. The van der Waals surface area contributed by atoms with Gasteiger partial charge >= 0.3 is 0 Å². The minimum atomic E-state index is 0.688. The first kappa shape index (κ1) is 11.6. The molecule has 0 atom stereocenters. The van der Waals surface area contributed by atoms with Crippen LogP contribution >= 0.6 is 0 Å². The minimum Gasteiger partial charge on any atom is -0.298 e. The highest BCUT2D eigenvalue weighted by molar-refractivity contribution is 5.97. The molecule has 0 amide bonds. The molecule has 0 aliphatic carbocycles. The Morgan fingerprint density at radius 3 is 2.68 bits per heavy atom. The molecule has 2 aromatic carbocycles. The number of carbonyl (C=O) groups is 1. The fourth-order valence-corrected chi connectivity index (χ4v) is 2.33. The molecule has 2 nitrogen and oxygen atoms in total. The number of hydrogen-bond acceptors (Lipinski definition) is 2. The molecule has 3 aromatic rings. The van der Waals surface area contributed by atoms with Gasteiger partial charge in [-0.3, -0.25) is 9.78 Å². The lowest BCUT2D eigenvalue weighted by Gasteiger charge is -2.09. The third-order valence-corrected chi connectivity index (χ3v) is 3.36. The molecule has 0 saturated carbocycles. The van der Waals surface area contributed by atoms with E-state index in [1.165, 1.54) is 0 Å². The summed E-state index contributed by atoms with van der Waals surface area (Å²) in [6.07, 6.45) is 4.60. The van der Waals surface area contributed by atoms with Gasteiger partial charge in [-0.2, -0.15) is 0 Å². The van der Waals surface area contributed by atoms with Crippen LogP contribution in [0.2, 0.25) is 0 Å². The van der Waals surface area contributed by atoms with Gasteiger partial charge in [0.05, 0.1) is 0 Å². The van der Waals surface area contributed by atoms with Crippen molar-refractivity contribution in [3.63, 3.8) is 0 Å². The highest BCUT2D eigenvalue weighted by Gasteiger charge is 2.07. The lowest BCUT2D eigenvalue weighted by atomic mass is 9.96. The number of pyridine rings is 1. The zero-order chi connectivity index (χ0) is 13.2. The largest absolute Gasteiger partial charge is 0.298 e. The Hall–Kier alpha value is -2.48. The summed E-state index contributed by atoms with van der Waals surface area (Å²) in [5.74, 6) is 0. The van der Waals surface area contributed by atoms with E-state index in [1.54, 1.807) is 0 Å². The van der Waals surface area contributed by atoms with Gasteiger partial charge in [0.25, 0.3) is 0 Å². The van der Waals surface area contributed by atoms with E-state index in [4.69, 9.17) is 0 Å². The van der Waals surface area contributed by atoms with Crippen molar-refractivity contribution in [1.82, 2.24) is 4.98 Å². The second kappa shape index (κ2) is 4.65. The molecule has 2 heteroatoms. The molecule has 0 fully saturated rings. The van der Waals surface area contributed by atoms with Gasteiger partial charge < -0.3 is 0 Å². The van der Waals surface area contributed by atoms with E-state index < -0.39 is 0 Å². The predicted molar refractivity (Wildman–Crippen MR) is 77.3 cm³/mol. The van der Waals surface area contributed by atoms with Crippen molar-refractivity contribution in [2.45, 2.75) is 6.92 Å². The van der Waals surface area contributed by atoms with Gasteiger partial charge in [-0.25, -0.2) is 0 Å². The van der Waals surface area contributed by atoms with Gasteiger partial charge in [0.15, 0.2) is 0 Å². The van der Waals surface area contributed by atoms with Crippen LogP contribution < -0.4 is 0 Å².